The molecule has 0 saturated heterocycles. The zero-order valence-corrected chi connectivity index (χ0v) is 18.2. The third-order valence-electron chi connectivity index (χ3n) is 5.08. The molecule has 0 atom stereocenters. The van der Waals surface area contributed by atoms with E-state index < -0.39 is 0 Å². The van der Waals surface area contributed by atoms with Crippen LogP contribution in [0.15, 0.2) is 61.1 Å². The van der Waals surface area contributed by atoms with Crippen LogP contribution < -0.4 is 14.8 Å². The topological polar surface area (TPSA) is 69.2 Å². The van der Waals surface area contributed by atoms with Crippen LogP contribution in [-0.2, 0) is 0 Å². The molecule has 6 heteroatoms. The lowest BCUT2D eigenvalue weighted by Gasteiger charge is -2.12. The lowest BCUT2D eigenvalue weighted by Crippen LogP contribution is -2.08. The molecule has 4 rings (SSSR count). The third-order valence-corrected chi connectivity index (χ3v) is 5.08. The molecular weight excluding hydrogens is 388 g/mol. The number of nitrogens with one attached hydrogen (secondary N) is 1. The highest BCUT2D eigenvalue weighted by molar-refractivity contribution is 5.95. The molecule has 0 spiro atoms. The van der Waals surface area contributed by atoms with Gasteiger partial charge in [-0.15, -0.1) is 0 Å². The van der Waals surface area contributed by atoms with E-state index in [0.29, 0.717) is 17.4 Å². The van der Waals surface area contributed by atoms with Crippen molar-refractivity contribution < 1.29 is 9.47 Å². The molecule has 0 radical (unpaired) electrons. The van der Waals surface area contributed by atoms with Crippen LogP contribution in [0.1, 0.15) is 13.8 Å². The van der Waals surface area contributed by atoms with Gasteiger partial charge in [-0.1, -0.05) is 19.9 Å². The summed E-state index contributed by atoms with van der Waals surface area (Å²) in [6.07, 6.45) is 3.48. The highest BCUT2D eigenvalue weighted by atomic mass is 16.5. The van der Waals surface area contributed by atoms with E-state index in [1.165, 1.54) is 0 Å². The first-order valence-electron chi connectivity index (χ1n) is 10.3. The van der Waals surface area contributed by atoms with Crippen molar-refractivity contribution in [1.82, 2.24) is 15.0 Å². The van der Waals surface area contributed by atoms with Crippen LogP contribution in [0.25, 0.3) is 33.3 Å². The molecule has 2 aromatic carbocycles. The number of methoxy groups -OCH3 is 2. The molecule has 31 heavy (non-hydrogen) atoms. The first kappa shape index (κ1) is 20.6. The van der Waals surface area contributed by atoms with Crippen LogP contribution in [0, 0.1) is 5.92 Å². The van der Waals surface area contributed by atoms with E-state index in [0.717, 1.165) is 45.6 Å². The standard InChI is InChI=1S/C25H26N4O2/c1-16(2)13-26-24-10-7-19(14-27-24)17-5-8-21-20(11-17)25(29-15-28-21)18-6-9-22(30-3)23(12-18)31-4/h5-12,14-16H,13H2,1-4H3,(H,26,27). The summed E-state index contributed by atoms with van der Waals surface area (Å²) in [4.78, 5) is 13.6. The summed E-state index contributed by atoms with van der Waals surface area (Å²) in [7, 11) is 3.26. The number of hydrogen-bond acceptors (Lipinski definition) is 6. The molecule has 158 valence electrons. The zero-order chi connectivity index (χ0) is 21.8. The maximum absolute atomic E-state index is 5.47. The Bertz CT molecular complexity index is 1190. The van der Waals surface area contributed by atoms with Crippen molar-refractivity contribution in [3.63, 3.8) is 0 Å². The van der Waals surface area contributed by atoms with Crippen LogP contribution >= 0.6 is 0 Å². The normalized spacial score (nSPS) is 11.0. The lowest BCUT2D eigenvalue weighted by atomic mass is 10.0. The van der Waals surface area contributed by atoms with Crippen LogP contribution in [0.5, 0.6) is 11.5 Å². The predicted molar refractivity (Wildman–Crippen MR) is 125 cm³/mol. The Morgan fingerprint density at radius 1 is 0.806 bits per heavy atom. The Kier molecular flexibility index (Phi) is 5.98. The SMILES string of the molecule is COc1ccc(-c2ncnc3ccc(-c4ccc(NCC(C)C)nc4)cc23)cc1OC. The van der Waals surface area contributed by atoms with E-state index >= 15 is 0 Å². The van der Waals surface area contributed by atoms with Gasteiger partial charge in [-0.3, -0.25) is 0 Å². The maximum Gasteiger partial charge on any atom is 0.161 e. The molecule has 0 aliphatic carbocycles. The molecule has 6 nitrogen and oxygen atoms in total. The minimum atomic E-state index is 0.567. The summed E-state index contributed by atoms with van der Waals surface area (Å²) >= 11 is 0. The Morgan fingerprint density at radius 3 is 2.29 bits per heavy atom. The van der Waals surface area contributed by atoms with Gasteiger partial charge in [0, 0.05) is 29.3 Å². The van der Waals surface area contributed by atoms with Crippen molar-refractivity contribution in [2.24, 2.45) is 5.92 Å². The molecule has 0 aliphatic rings. The number of aromatic nitrogens is 3. The largest absolute Gasteiger partial charge is 0.493 e. The van der Waals surface area contributed by atoms with Crippen LogP contribution in [0.4, 0.5) is 5.82 Å². The van der Waals surface area contributed by atoms with E-state index in [1.807, 2.05) is 36.5 Å². The number of ether oxygens (including phenoxy) is 2. The van der Waals surface area contributed by atoms with E-state index in [4.69, 9.17) is 9.47 Å². The molecule has 0 bridgehead atoms. The third kappa shape index (κ3) is 4.43. The van der Waals surface area contributed by atoms with E-state index in [9.17, 15) is 0 Å². The molecule has 4 aromatic rings. The minimum absolute atomic E-state index is 0.567. The quantitative estimate of drug-likeness (QED) is 0.434. The Balaban J connectivity index is 1.73. The number of fused-ring (bicyclic) bond motifs is 1. The summed E-state index contributed by atoms with van der Waals surface area (Å²) in [5, 5.41) is 4.32. The van der Waals surface area contributed by atoms with Crippen LogP contribution in [0.3, 0.4) is 0 Å². The number of hydrogen-bond donors (Lipinski definition) is 1. The number of benzene rings is 2. The van der Waals surface area contributed by atoms with E-state index in [2.05, 4.69) is 52.3 Å². The average Bonchev–Trinajstić information content (AvgIpc) is 2.82. The van der Waals surface area contributed by atoms with Crippen molar-refractivity contribution >= 4 is 16.7 Å². The van der Waals surface area contributed by atoms with Gasteiger partial charge < -0.3 is 14.8 Å². The summed E-state index contributed by atoms with van der Waals surface area (Å²) in [6.45, 7) is 5.25. The molecule has 0 unspecified atom stereocenters. The van der Waals surface area contributed by atoms with Crippen molar-refractivity contribution in [2.75, 3.05) is 26.1 Å². The summed E-state index contributed by atoms with van der Waals surface area (Å²) in [6, 6.07) is 16.1. The van der Waals surface area contributed by atoms with Gasteiger partial charge >= 0.3 is 0 Å². The van der Waals surface area contributed by atoms with Gasteiger partial charge in [-0.25, -0.2) is 15.0 Å². The lowest BCUT2D eigenvalue weighted by molar-refractivity contribution is 0.355. The van der Waals surface area contributed by atoms with E-state index in [1.54, 1.807) is 20.5 Å². The molecule has 0 fully saturated rings. The Labute approximate surface area is 182 Å². The fourth-order valence-corrected chi connectivity index (χ4v) is 3.43. The van der Waals surface area contributed by atoms with E-state index in [-0.39, 0.29) is 0 Å². The zero-order valence-electron chi connectivity index (χ0n) is 18.2. The summed E-state index contributed by atoms with van der Waals surface area (Å²) in [5.74, 6) is 2.80. The number of anilines is 1. The van der Waals surface area contributed by atoms with Crippen molar-refractivity contribution in [1.29, 1.82) is 0 Å². The summed E-state index contributed by atoms with van der Waals surface area (Å²) < 4.78 is 10.8. The second-order valence-electron chi connectivity index (χ2n) is 7.73. The van der Waals surface area contributed by atoms with Gasteiger partial charge in [-0.05, 0) is 53.9 Å². The number of nitrogens with zero attached hydrogens (tertiary/aromatic N) is 3. The average molecular weight is 415 g/mol. The second kappa shape index (κ2) is 9.00. The first-order chi connectivity index (χ1) is 15.1. The summed E-state index contributed by atoms with van der Waals surface area (Å²) in [5.41, 5.74) is 4.77. The fraction of sp³-hybridized carbons (Fsp3) is 0.240. The monoisotopic (exact) mass is 414 g/mol. The smallest absolute Gasteiger partial charge is 0.161 e. The second-order valence-corrected chi connectivity index (χ2v) is 7.73. The van der Waals surface area contributed by atoms with Crippen LogP contribution in [-0.4, -0.2) is 35.7 Å². The Morgan fingerprint density at radius 2 is 1.58 bits per heavy atom. The van der Waals surface area contributed by atoms with Crippen molar-refractivity contribution in [3.8, 4) is 33.9 Å². The molecule has 2 heterocycles. The number of rotatable bonds is 7. The highest BCUT2D eigenvalue weighted by Crippen LogP contribution is 2.35. The highest BCUT2D eigenvalue weighted by Gasteiger charge is 2.12. The van der Waals surface area contributed by atoms with Gasteiger partial charge in [0.2, 0.25) is 0 Å². The number of pyridine rings is 1. The van der Waals surface area contributed by atoms with Gasteiger partial charge in [-0.2, -0.15) is 0 Å². The first-order valence-corrected chi connectivity index (χ1v) is 10.3. The molecule has 2 aromatic heterocycles. The molecule has 0 saturated carbocycles. The van der Waals surface area contributed by atoms with Crippen molar-refractivity contribution in [2.45, 2.75) is 13.8 Å². The maximum atomic E-state index is 5.47. The predicted octanol–water partition coefficient (Wildman–Crippen LogP) is 5.44. The van der Waals surface area contributed by atoms with Gasteiger partial charge in [0.15, 0.2) is 11.5 Å². The molecule has 0 aliphatic heterocycles. The molecule has 1 N–H and O–H groups in total. The fourth-order valence-electron chi connectivity index (χ4n) is 3.43. The van der Waals surface area contributed by atoms with Gasteiger partial charge in [0.1, 0.15) is 12.1 Å². The molecule has 0 amide bonds. The minimum Gasteiger partial charge on any atom is -0.493 e. The van der Waals surface area contributed by atoms with Crippen LogP contribution in [0.2, 0.25) is 0 Å². The Hall–Kier alpha value is -3.67. The molecular formula is C25H26N4O2. The van der Waals surface area contributed by atoms with Gasteiger partial charge in [0.25, 0.3) is 0 Å². The van der Waals surface area contributed by atoms with Gasteiger partial charge in [0.05, 0.1) is 25.4 Å². The van der Waals surface area contributed by atoms with Crippen molar-refractivity contribution in [3.05, 3.63) is 61.1 Å².